The number of hydrogen-bond donors (Lipinski definition) is 2. The Morgan fingerprint density at radius 2 is 1.91 bits per heavy atom. The Hall–Kier alpha value is -2.40. The number of nitrogens with one attached hydrogen (secondary N) is 2. The first-order chi connectivity index (χ1) is 10.7. The molecule has 1 aliphatic heterocycles. The number of carbonyl (C=O) groups excluding carboxylic acids is 1. The molecule has 114 valence electrons. The summed E-state index contributed by atoms with van der Waals surface area (Å²) < 4.78 is 0. The maximum absolute atomic E-state index is 12.3. The molecule has 0 saturated carbocycles. The highest BCUT2D eigenvalue weighted by molar-refractivity contribution is 6.04. The molecule has 0 bridgehead atoms. The summed E-state index contributed by atoms with van der Waals surface area (Å²) in [5.41, 5.74) is 2.16. The quantitative estimate of drug-likeness (QED) is 0.909. The minimum Gasteiger partial charge on any atom is -0.328 e. The molecule has 0 spiro atoms. The molecule has 1 fully saturated rings. The van der Waals surface area contributed by atoms with Crippen LogP contribution in [0.2, 0.25) is 0 Å². The molecular weight excluding hydrogens is 278 g/mol. The molecule has 0 radical (unpaired) electrons. The lowest BCUT2D eigenvalue weighted by atomic mass is 10.1. The number of carbonyl (C=O) groups is 1. The van der Waals surface area contributed by atoms with E-state index in [2.05, 4.69) is 15.2 Å². The Morgan fingerprint density at radius 1 is 1.14 bits per heavy atom. The van der Waals surface area contributed by atoms with Crippen LogP contribution in [0.3, 0.4) is 0 Å². The van der Waals surface area contributed by atoms with E-state index in [4.69, 9.17) is 0 Å². The number of H-pyrrole nitrogens is 1. The highest BCUT2D eigenvalue weighted by atomic mass is 16.1. The van der Waals surface area contributed by atoms with Crippen molar-refractivity contribution in [1.82, 2.24) is 9.88 Å². The largest absolute Gasteiger partial charge is 0.328 e. The number of aromatic nitrogens is 1. The Morgan fingerprint density at radius 3 is 2.64 bits per heavy atom. The number of likely N-dealkylation sites (tertiary alicyclic amines) is 1. The van der Waals surface area contributed by atoms with E-state index in [-0.39, 0.29) is 11.5 Å². The zero-order chi connectivity index (χ0) is 15.4. The second-order valence-electron chi connectivity index (χ2n) is 5.54. The maximum atomic E-state index is 12.3. The summed E-state index contributed by atoms with van der Waals surface area (Å²) in [6.45, 7) is 3.08. The molecule has 2 heterocycles. The molecule has 3 rings (SSSR count). The Bertz CT molecular complexity index is 697. The van der Waals surface area contributed by atoms with Gasteiger partial charge in [0.1, 0.15) is 0 Å². The Labute approximate surface area is 129 Å². The fraction of sp³-hybridized carbons (Fsp3) is 0.294. The highest BCUT2D eigenvalue weighted by Gasteiger charge is 2.15. The summed E-state index contributed by atoms with van der Waals surface area (Å²) in [7, 11) is 0. The van der Waals surface area contributed by atoms with Crippen molar-refractivity contribution in [2.45, 2.75) is 19.4 Å². The van der Waals surface area contributed by atoms with E-state index in [0.29, 0.717) is 5.56 Å². The third-order valence-electron chi connectivity index (χ3n) is 3.90. The molecule has 1 aliphatic rings. The molecular formula is C17H19N3O2. The highest BCUT2D eigenvalue weighted by Crippen LogP contribution is 2.20. The molecule has 1 saturated heterocycles. The van der Waals surface area contributed by atoms with E-state index in [9.17, 15) is 9.59 Å². The molecule has 1 amide bonds. The van der Waals surface area contributed by atoms with Crippen LogP contribution < -0.4 is 10.9 Å². The smallest absolute Gasteiger partial charge is 0.257 e. The lowest BCUT2D eigenvalue weighted by molar-refractivity contribution is 0.102. The third kappa shape index (κ3) is 3.43. The van der Waals surface area contributed by atoms with E-state index >= 15 is 0 Å². The van der Waals surface area contributed by atoms with Crippen molar-refractivity contribution < 1.29 is 4.79 Å². The van der Waals surface area contributed by atoms with E-state index in [1.54, 1.807) is 0 Å². The predicted octanol–water partition coefficient (Wildman–Crippen LogP) is 2.22. The van der Waals surface area contributed by atoms with E-state index < -0.39 is 0 Å². The summed E-state index contributed by atoms with van der Waals surface area (Å²) in [5.74, 6) is -0.217. The van der Waals surface area contributed by atoms with E-state index in [1.165, 1.54) is 31.2 Å². The standard InChI is InChI=1S/C17H19N3O2/c21-16-8-7-13(11-18-16)17(22)19-15-6-2-1-5-14(15)12-20-9-3-4-10-20/h1-2,5-8,11H,3-4,9-10,12H2,(H,18,21)(H,19,22). The predicted molar refractivity (Wildman–Crippen MR) is 86.0 cm³/mol. The van der Waals surface area contributed by atoms with Gasteiger partial charge in [-0.1, -0.05) is 18.2 Å². The van der Waals surface area contributed by atoms with Crippen LogP contribution in [0.1, 0.15) is 28.8 Å². The first kappa shape index (κ1) is 14.5. The summed E-state index contributed by atoms with van der Waals surface area (Å²) >= 11 is 0. The number of benzene rings is 1. The topological polar surface area (TPSA) is 65.2 Å². The van der Waals surface area contributed by atoms with Crippen molar-refractivity contribution in [3.05, 3.63) is 64.1 Å². The van der Waals surface area contributed by atoms with Crippen LogP contribution in [0.25, 0.3) is 0 Å². The van der Waals surface area contributed by atoms with Crippen LogP contribution in [0, 0.1) is 0 Å². The first-order valence-electron chi connectivity index (χ1n) is 7.53. The second-order valence-corrected chi connectivity index (χ2v) is 5.54. The summed E-state index contributed by atoms with van der Waals surface area (Å²) in [6, 6.07) is 10.7. The molecule has 1 aromatic carbocycles. The normalized spacial score (nSPS) is 14.9. The minimum absolute atomic E-state index is 0.217. The minimum atomic E-state index is -0.217. The van der Waals surface area contributed by atoms with Gasteiger partial charge in [0, 0.05) is 24.5 Å². The van der Waals surface area contributed by atoms with Crippen LogP contribution in [0.15, 0.2) is 47.4 Å². The van der Waals surface area contributed by atoms with Crippen molar-refractivity contribution in [1.29, 1.82) is 0 Å². The Kier molecular flexibility index (Phi) is 4.34. The lowest BCUT2D eigenvalue weighted by Gasteiger charge is -2.17. The van der Waals surface area contributed by atoms with Gasteiger partial charge in [0.15, 0.2) is 0 Å². The Balaban J connectivity index is 1.75. The van der Waals surface area contributed by atoms with Gasteiger partial charge in [-0.2, -0.15) is 0 Å². The number of nitrogens with zero attached hydrogens (tertiary/aromatic N) is 1. The van der Waals surface area contributed by atoms with Gasteiger partial charge in [-0.05, 0) is 43.6 Å². The molecule has 1 aromatic heterocycles. The second kappa shape index (κ2) is 6.58. The van der Waals surface area contributed by atoms with Gasteiger partial charge in [-0.25, -0.2) is 0 Å². The van der Waals surface area contributed by atoms with Crippen LogP contribution in [-0.2, 0) is 6.54 Å². The summed E-state index contributed by atoms with van der Waals surface area (Å²) in [6.07, 6.45) is 3.92. The van der Waals surface area contributed by atoms with Gasteiger partial charge in [0.25, 0.3) is 5.91 Å². The van der Waals surface area contributed by atoms with E-state index in [0.717, 1.165) is 30.9 Å². The number of hydrogen-bond acceptors (Lipinski definition) is 3. The monoisotopic (exact) mass is 297 g/mol. The van der Waals surface area contributed by atoms with E-state index in [1.807, 2.05) is 24.3 Å². The van der Waals surface area contributed by atoms with Crippen LogP contribution >= 0.6 is 0 Å². The van der Waals surface area contributed by atoms with Crippen LogP contribution in [0.5, 0.6) is 0 Å². The lowest BCUT2D eigenvalue weighted by Crippen LogP contribution is -2.21. The third-order valence-corrected chi connectivity index (χ3v) is 3.90. The van der Waals surface area contributed by atoms with Crippen LogP contribution in [-0.4, -0.2) is 28.9 Å². The van der Waals surface area contributed by atoms with Gasteiger partial charge in [-0.15, -0.1) is 0 Å². The van der Waals surface area contributed by atoms with Gasteiger partial charge in [0.2, 0.25) is 5.56 Å². The molecule has 2 N–H and O–H groups in total. The fourth-order valence-electron chi connectivity index (χ4n) is 2.71. The SMILES string of the molecule is O=C(Nc1ccccc1CN1CCCC1)c1ccc(=O)[nH]c1. The van der Waals surface area contributed by atoms with Crippen molar-refractivity contribution >= 4 is 11.6 Å². The number of pyridine rings is 1. The molecule has 0 atom stereocenters. The van der Waals surface area contributed by atoms with Crippen LogP contribution in [0.4, 0.5) is 5.69 Å². The number of rotatable bonds is 4. The van der Waals surface area contributed by atoms with Gasteiger partial charge >= 0.3 is 0 Å². The fourth-order valence-corrected chi connectivity index (χ4v) is 2.71. The average Bonchev–Trinajstić information content (AvgIpc) is 3.03. The molecule has 5 nitrogen and oxygen atoms in total. The number of para-hydroxylation sites is 1. The van der Waals surface area contributed by atoms with Gasteiger partial charge in [0.05, 0.1) is 5.56 Å². The molecule has 2 aromatic rings. The van der Waals surface area contributed by atoms with Gasteiger partial charge in [-0.3, -0.25) is 14.5 Å². The van der Waals surface area contributed by atoms with Crippen molar-refractivity contribution in [2.24, 2.45) is 0 Å². The number of amides is 1. The first-order valence-corrected chi connectivity index (χ1v) is 7.53. The zero-order valence-electron chi connectivity index (χ0n) is 12.3. The van der Waals surface area contributed by atoms with Crippen molar-refractivity contribution in [3.63, 3.8) is 0 Å². The molecule has 22 heavy (non-hydrogen) atoms. The summed E-state index contributed by atoms with van der Waals surface area (Å²) in [4.78, 5) is 28.2. The average molecular weight is 297 g/mol. The molecule has 0 aliphatic carbocycles. The maximum Gasteiger partial charge on any atom is 0.257 e. The van der Waals surface area contributed by atoms with Crippen molar-refractivity contribution in [3.8, 4) is 0 Å². The molecule has 0 unspecified atom stereocenters. The van der Waals surface area contributed by atoms with Crippen molar-refractivity contribution in [2.75, 3.05) is 18.4 Å². The molecule has 5 heteroatoms. The summed E-state index contributed by atoms with van der Waals surface area (Å²) in [5, 5.41) is 2.93. The number of anilines is 1. The van der Waals surface area contributed by atoms with Gasteiger partial charge < -0.3 is 10.3 Å². The number of aromatic amines is 1. The zero-order valence-corrected chi connectivity index (χ0v) is 12.3.